The van der Waals surface area contributed by atoms with Crippen molar-refractivity contribution in [2.45, 2.75) is 33.1 Å². The van der Waals surface area contributed by atoms with E-state index in [1.807, 2.05) is 25.1 Å². The average molecular weight is 178 g/mol. The number of nitrogens with zero attached hydrogens (tertiary/aromatic N) is 1. The van der Waals surface area contributed by atoms with Crippen molar-refractivity contribution in [3.05, 3.63) is 23.9 Å². The Kier molecular flexibility index (Phi) is 4.30. The molecule has 0 aliphatic rings. The number of unbranched alkanes of at least 4 members (excludes halogenated alkanes) is 2. The summed E-state index contributed by atoms with van der Waals surface area (Å²) in [7, 11) is 0. The molecular formula is C11H18N2. The van der Waals surface area contributed by atoms with Crippen LogP contribution in [0.15, 0.2) is 18.2 Å². The topological polar surface area (TPSA) is 24.9 Å². The number of anilines is 1. The molecule has 1 N–H and O–H groups in total. The fourth-order valence-corrected chi connectivity index (χ4v) is 1.23. The lowest BCUT2D eigenvalue weighted by molar-refractivity contribution is 0.742. The van der Waals surface area contributed by atoms with E-state index in [9.17, 15) is 0 Å². The number of hydrogen-bond donors (Lipinski definition) is 1. The molecule has 1 rings (SSSR count). The van der Waals surface area contributed by atoms with Crippen LogP contribution in [0, 0.1) is 6.92 Å². The van der Waals surface area contributed by atoms with Crippen LogP contribution in [0.25, 0.3) is 0 Å². The number of pyridine rings is 1. The molecule has 0 saturated carbocycles. The van der Waals surface area contributed by atoms with Crippen LogP contribution in [-0.2, 0) is 0 Å². The summed E-state index contributed by atoms with van der Waals surface area (Å²) in [5.41, 5.74) is 1.07. The second-order valence-corrected chi connectivity index (χ2v) is 3.30. The standard InChI is InChI=1S/C11H18N2/c1-3-4-5-9-12-11-8-6-7-10(2)13-11/h6-8H,3-5,9H2,1-2H3,(H,12,13). The zero-order valence-corrected chi connectivity index (χ0v) is 8.51. The molecule has 0 aliphatic heterocycles. The Morgan fingerprint density at radius 2 is 2.15 bits per heavy atom. The van der Waals surface area contributed by atoms with Gasteiger partial charge < -0.3 is 5.32 Å². The van der Waals surface area contributed by atoms with Crippen LogP contribution < -0.4 is 5.32 Å². The SMILES string of the molecule is CCCCCNc1cccc(C)n1. The zero-order chi connectivity index (χ0) is 9.52. The van der Waals surface area contributed by atoms with E-state index in [4.69, 9.17) is 0 Å². The van der Waals surface area contributed by atoms with Gasteiger partial charge in [0.2, 0.25) is 0 Å². The Labute approximate surface area is 80.4 Å². The largest absolute Gasteiger partial charge is 0.370 e. The fraction of sp³-hybridized carbons (Fsp3) is 0.545. The minimum absolute atomic E-state index is 0.996. The molecule has 0 atom stereocenters. The molecule has 0 aromatic carbocycles. The molecule has 0 saturated heterocycles. The van der Waals surface area contributed by atoms with Gasteiger partial charge in [0.25, 0.3) is 0 Å². The van der Waals surface area contributed by atoms with Crippen LogP contribution >= 0.6 is 0 Å². The van der Waals surface area contributed by atoms with Gasteiger partial charge in [-0.3, -0.25) is 0 Å². The molecule has 2 heteroatoms. The first-order valence-corrected chi connectivity index (χ1v) is 5.00. The minimum atomic E-state index is 0.996. The molecule has 0 bridgehead atoms. The third kappa shape index (κ3) is 3.92. The monoisotopic (exact) mass is 178 g/mol. The highest BCUT2D eigenvalue weighted by Crippen LogP contribution is 2.04. The zero-order valence-electron chi connectivity index (χ0n) is 8.51. The molecule has 0 unspecified atom stereocenters. The Hall–Kier alpha value is -1.05. The first-order valence-electron chi connectivity index (χ1n) is 5.00. The molecule has 0 fully saturated rings. The maximum atomic E-state index is 4.36. The van der Waals surface area contributed by atoms with E-state index in [1.165, 1.54) is 19.3 Å². The molecule has 2 nitrogen and oxygen atoms in total. The summed E-state index contributed by atoms with van der Waals surface area (Å²) in [5, 5.41) is 3.31. The molecule has 13 heavy (non-hydrogen) atoms. The first kappa shape index (κ1) is 10.0. The Morgan fingerprint density at radius 1 is 1.31 bits per heavy atom. The molecule has 1 aromatic heterocycles. The number of aryl methyl sites for hydroxylation is 1. The van der Waals surface area contributed by atoms with E-state index in [2.05, 4.69) is 17.2 Å². The maximum Gasteiger partial charge on any atom is 0.126 e. The summed E-state index contributed by atoms with van der Waals surface area (Å²) < 4.78 is 0. The number of hydrogen-bond acceptors (Lipinski definition) is 2. The lowest BCUT2D eigenvalue weighted by Crippen LogP contribution is -2.03. The molecule has 1 heterocycles. The van der Waals surface area contributed by atoms with Crippen molar-refractivity contribution in [2.24, 2.45) is 0 Å². The summed E-state index contributed by atoms with van der Waals surface area (Å²) in [4.78, 5) is 4.36. The van der Waals surface area contributed by atoms with Gasteiger partial charge in [0.05, 0.1) is 0 Å². The second kappa shape index (κ2) is 5.57. The van der Waals surface area contributed by atoms with Crippen LogP contribution in [0.2, 0.25) is 0 Å². The normalized spacial score (nSPS) is 10.0. The average Bonchev–Trinajstić information content (AvgIpc) is 2.13. The van der Waals surface area contributed by atoms with Gasteiger partial charge in [-0.05, 0) is 25.5 Å². The second-order valence-electron chi connectivity index (χ2n) is 3.30. The summed E-state index contributed by atoms with van der Waals surface area (Å²) in [5.74, 6) is 0.996. The van der Waals surface area contributed by atoms with Gasteiger partial charge in [0.15, 0.2) is 0 Å². The van der Waals surface area contributed by atoms with Gasteiger partial charge in [-0.1, -0.05) is 25.8 Å². The smallest absolute Gasteiger partial charge is 0.126 e. The van der Waals surface area contributed by atoms with Crippen LogP contribution in [0.3, 0.4) is 0 Å². The van der Waals surface area contributed by atoms with E-state index in [-0.39, 0.29) is 0 Å². The van der Waals surface area contributed by atoms with E-state index in [0.29, 0.717) is 0 Å². The minimum Gasteiger partial charge on any atom is -0.370 e. The van der Waals surface area contributed by atoms with Crippen LogP contribution in [0.1, 0.15) is 31.9 Å². The van der Waals surface area contributed by atoms with Crippen molar-refractivity contribution in [2.75, 3.05) is 11.9 Å². The van der Waals surface area contributed by atoms with Crippen molar-refractivity contribution in [3.8, 4) is 0 Å². The number of rotatable bonds is 5. The summed E-state index contributed by atoms with van der Waals surface area (Å²) in [6.45, 7) is 5.26. The van der Waals surface area contributed by atoms with Gasteiger partial charge in [-0.25, -0.2) is 4.98 Å². The number of nitrogens with one attached hydrogen (secondary N) is 1. The Balaban J connectivity index is 2.28. The van der Waals surface area contributed by atoms with E-state index in [1.54, 1.807) is 0 Å². The van der Waals surface area contributed by atoms with E-state index < -0.39 is 0 Å². The van der Waals surface area contributed by atoms with Crippen molar-refractivity contribution >= 4 is 5.82 Å². The predicted octanol–water partition coefficient (Wildman–Crippen LogP) is 2.99. The third-order valence-corrected chi connectivity index (χ3v) is 1.97. The van der Waals surface area contributed by atoms with Gasteiger partial charge in [-0.15, -0.1) is 0 Å². The Morgan fingerprint density at radius 3 is 2.85 bits per heavy atom. The predicted molar refractivity (Wildman–Crippen MR) is 57.0 cm³/mol. The van der Waals surface area contributed by atoms with Crippen LogP contribution in [-0.4, -0.2) is 11.5 Å². The summed E-state index contributed by atoms with van der Waals surface area (Å²) >= 11 is 0. The maximum absolute atomic E-state index is 4.36. The van der Waals surface area contributed by atoms with Crippen molar-refractivity contribution in [3.63, 3.8) is 0 Å². The van der Waals surface area contributed by atoms with Crippen molar-refractivity contribution in [1.29, 1.82) is 0 Å². The van der Waals surface area contributed by atoms with E-state index >= 15 is 0 Å². The molecule has 0 spiro atoms. The summed E-state index contributed by atoms with van der Waals surface area (Å²) in [6.07, 6.45) is 3.79. The van der Waals surface area contributed by atoms with Crippen LogP contribution in [0.4, 0.5) is 5.82 Å². The van der Waals surface area contributed by atoms with Gasteiger partial charge in [0, 0.05) is 12.2 Å². The van der Waals surface area contributed by atoms with Gasteiger partial charge >= 0.3 is 0 Å². The van der Waals surface area contributed by atoms with Gasteiger partial charge in [0.1, 0.15) is 5.82 Å². The molecular weight excluding hydrogens is 160 g/mol. The van der Waals surface area contributed by atoms with E-state index in [0.717, 1.165) is 18.1 Å². The summed E-state index contributed by atoms with van der Waals surface area (Å²) in [6, 6.07) is 6.06. The lowest BCUT2D eigenvalue weighted by atomic mass is 10.2. The number of aromatic nitrogens is 1. The lowest BCUT2D eigenvalue weighted by Gasteiger charge is -2.04. The van der Waals surface area contributed by atoms with Gasteiger partial charge in [-0.2, -0.15) is 0 Å². The third-order valence-electron chi connectivity index (χ3n) is 1.97. The fourth-order valence-electron chi connectivity index (χ4n) is 1.23. The highest BCUT2D eigenvalue weighted by Gasteiger charge is 1.92. The van der Waals surface area contributed by atoms with Crippen molar-refractivity contribution < 1.29 is 0 Å². The molecule has 0 aliphatic carbocycles. The van der Waals surface area contributed by atoms with Crippen molar-refractivity contribution in [1.82, 2.24) is 4.98 Å². The van der Waals surface area contributed by atoms with Crippen LogP contribution in [0.5, 0.6) is 0 Å². The molecule has 0 radical (unpaired) electrons. The molecule has 1 aromatic rings. The highest BCUT2D eigenvalue weighted by molar-refractivity contribution is 5.34. The quantitative estimate of drug-likeness (QED) is 0.701. The Bertz CT molecular complexity index is 246. The highest BCUT2D eigenvalue weighted by atomic mass is 15.0. The molecule has 72 valence electrons. The molecule has 0 amide bonds. The first-order chi connectivity index (χ1) is 6.33.